The topological polar surface area (TPSA) is 74.8 Å². The minimum Gasteiger partial charge on any atom is -0.363 e. The van der Waals surface area contributed by atoms with Crippen LogP contribution in [0.4, 0.5) is 23.2 Å². The molecule has 0 fully saturated rings. The Balaban J connectivity index is 1.65. The smallest absolute Gasteiger partial charge is 0.363 e. The summed E-state index contributed by atoms with van der Waals surface area (Å²) in [4.78, 5) is 22.0. The largest absolute Gasteiger partial charge is 0.417 e. The monoisotopic (exact) mass is 451 g/mol. The number of H-pyrrole nitrogens is 1. The van der Waals surface area contributed by atoms with Crippen molar-refractivity contribution in [1.29, 1.82) is 0 Å². The molecule has 0 bridgehead atoms. The molecule has 0 saturated carbocycles. The second kappa shape index (κ2) is 8.10. The Morgan fingerprint density at radius 2 is 2.00 bits per heavy atom. The number of hydrogen-bond acceptors (Lipinski definition) is 5. The van der Waals surface area contributed by atoms with Gasteiger partial charge in [0.15, 0.2) is 0 Å². The molecule has 4 rings (SSSR count). The highest BCUT2D eigenvalue weighted by Crippen LogP contribution is 2.34. The molecule has 31 heavy (non-hydrogen) atoms. The predicted molar refractivity (Wildman–Crippen MR) is 107 cm³/mol. The Morgan fingerprint density at radius 3 is 2.77 bits per heavy atom. The molecule has 160 valence electrons. The molecule has 0 spiro atoms. The Bertz CT molecular complexity index is 1220. The zero-order chi connectivity index (χ0) is 22.2. The van der Waals surface area contributed by atoms with Gasteiger partial charge in [0.05, 0.1) is 35.4 Å². The van der Waals surface area contributed by atoms with Gasteiger partial charge in [-0.25, -0.2) is 19.5 Å². The summed E-state index contributed by atoms with van der Waals surface area (Å²) in [6, 6.07) is 2.51. The molecule has 0 unspecified atom stereocenters. The van der Waals surface area contributed by atoms with Gasteiger partial charge >= 0.3 is 6.18 Å². The first-order chi connectivity index (χ1) is 14.7. The van der Waals surface area contributed by atoms with Crippen molar-refractivity contribution >= 4 is 29.4 Å². The number of aromatic amines is 1. The maximum atomic E-state index is 13.3. The number of nitrogens with one attached hydrogen (secondary N) is 1. The second-order valence-corrected chi connectivity index (χ2v) is 7.19. The highest BCUT2D eigenvalue weighted by molar-refractivity contribution is 6.33. The van der Waals surface area contributed by atoms with Crippen molar-refractivity contribution in [3.05, 3.63) is 80.0 Å². The first kappa shape index (κ1) is 21.0. The lowest BCUT2D eigenvalue weighted by atomic mass is 10.0. The highest BCUT2D eigenvalue weighted by Gasteiger charge is 2.33. The Morgan fingerprint density at radius 1 is 1.19 bits per heavy atom. The van der Waals surface area contributed by atoms with E-state index in [1.807, 2.05) is 4.90 Å². The SMILES string of the molecule is O=c1[nH]ncc(N2CCc3c(/C=C\c4ccc(F)cc4C(F)(F)F)ncnc3C2)c1Cl. The van der Waals surface area contributed by atoms with Crippen LogP contribution in [-0.2, 0) is 19.1 Å². The lowest BCUT2D eigenvalue weighted by Gasteiger charge is -2.30. The molecule has 3 aromatic rings. The van der Waals surface area contributed by atoms with Gasteiger partial charge in [0.1, 0.15) is 17.2 Å². The normalized spacial score (nSPS) is 14.2. The first-order valence-corrected chi connectivity index (χ1v) is 9.47. The quantitative estimate of drug-likeness (QED) is 0.607. The summed E-state index contributed by atoms with van der Waals surface area (Å²) in [5, 5.41) is 6.04. The van der Waals surface area contributed by atoms with Crippen molar-refractivity contribution in [2.24, 2.45) is 0 Å². The molecule has 6 nitrogen and oxygen atoms in total. The van der Waals surface area contributed by atoms with Crippen LogP contribution >= 0.6 is 11.6 Å². The van der Waals surface area contributed by atoms with Crippen molar-refractivity contribution < 1.29 is 17.6 Å². The highest BCUT2D eigenvalue weighted by atomic mass is 35.5. The van der Waals surface area contributed by atoms with E-state index in [1.54, 1.807) is 0 Å². The van der Waals surface area contributed by atoms with E-state index in [0.29, 0.717) is 42.7 Å². The molecule has 0 atom stereocenters. The summed E-state index contributed by atoms with van der Waals surface area (Å²) < 4.78 is 53.0. The standard InChI is InChI=1S/C20H14ClF4N5O/c21-18-17(8-28-29-19(18)31)30-6-5-13-15(26-10-27-16(13)9-30)4-2-11-1-3-12(22)7-14(11)20(23,24)25/h1-4,7-8,10H,5-6,9H2,(H,29,31)/b4-2-. The van der Waals surface area contributed by atoms with Crippen LogP contribution in [0.1, 0.15) is 28.1 Å². The lowest BCUT2D eigenvalue weighted by Crippen LogP contribution is -2.33. The molecular formula is C20H14ClF4N5O. The van der Waals surface area contributed by atoms with Gasteiger partial charge in [-0.1, -0.05) is 23.7 Å². The van der Waals surface area contributed by atoms with E-state index < -0.39 is 23.1 Å². The van der Waals surface area contributed by atoms with Crippen LogP contribution in [0.5, 0.6) is 0 Å². The second-order valence-electron chi connectivity index (χ2n) is 6.82. The lowest BCUT2D eigenvalue weighted by molar-refractivity contribution is -0.137. The average Bonchev–Trinajstić information content (AvgIpc) is 2.73. The van der Waals surface area contributed by atoms with Crippen molar-refractivity contribution in [1.82, 2.24) is 20.2 Å². The number of halogens is 5. The van der Waals surface area contributed by atoms with Crippen molar-refractivity contribution in [3.8, 4) is 0 Å². The zero-order valence-corrected chi connectivity index (χ0v) is 16.5. The minimum absolute atomic E-state index is 0.0172. The molecule has 1 aromatic carbocycles. The van der Waals surface area contributed by atoms with Crippen molar-refractivity contribution in [2.75, 3.05) is 11.4 Å². The number of rotatable bonds is 3. The Hall–Kier alpha value is -3.27. The fourth-order valence-corrected chi connectivity index (χ4v) is 3.62. The molecule has 0 aliphatic carbocycles. The summed E-state index contributed by atoms with van der Waals surface area (Å²) in [6.07, 6.45) is 1.27. The van der Waals surface area contributed by atoms with E-state index in [2.05, 4.69) is 20.2 Å². The first-order valence-electron chi connectivity index (χ1n) is 9.10. The van der Waals surface area contributed by atoms with Gasteiger partial charge < -0.3 is 4.90 Å². The fourth-order valence-electron chi connectivity index (χ4n) is 3.41. The van der Waals surface area contributed by atoms with Crippen LogP contribution in [0.2, 0.25) is 5.02 Å². The van der Waals surface area contributed by atoms with Gasteiger partial charge in [-0.15, -0.1) is 0 Å². The van der Waals surface area contributed by atoms with Crippen LogP contribution in [0.25, 0.3) is 12.2 Å². The molecule has 1 aliphatic heterocycles. The van der Waals surface area contributed by atoms with E-state index >= 15 is 0 Å². The minimum atomic E-state index is -4.69. The Labute approximate surface area is 178 Å². The predicted octanol–water partition coefficient (Wildman–Crippen LogP) is 4.10. The molecule has 11 heteroatoms. The van der Waals surface area contributed by atoms with Crippen molar-refractivity contribution in [2.45, 2.75) is 19.1 Å². The van der Waals surface area contributed by atoms with E-state index in [0.717, 1.165) is 17.7 Å². The number of benzene rings is 1. The van der Waals surface area contributed by atoms with Crippen molar-refractivity contribution in [3.63, 3.8) is 0 Å². The third-order valence-corrected chi connectivity index (χ3v) is 5.26. The van der Waals surface area contributed by atoms with Gasteiger partial charge in [0.25, 0.3) is 5.56 Å². The van der Waals surface area contributed by atoms with E-state index in [4.69, 9.17) is 11.6 Å². The third-order valence-electron chi connectivity index (χ3n) is 4.90. The maximum absolute atomic E-state index is 13.3. The molecule has 0 radical (unpaired) electrons. The number of anilines is 1. The fraction of sp³-hybridized carbons (Fsp3) is 0.200. The number of fused-ring (bicyclic) bond motifs is 1. The van der Waals surface area contributed by atoms with Crippen LogP contribution < -0.4 is 10.5 Å². The molecule has 2 aromatic heterocycles. The van der Waals surface area contributed by atoms with Crippen LogP contribution in [0.3, 0.4) is 0 Å². The number of aromatic nitrogens is 4. The molecule has 3 heterocycles. The number of alkyl halides is 3. The van der Waals surface area contributed by atoms with Crippen LogP contribution in [-0.4, -0.2) is 26.7 Å². The van der Waals surface area contributed by atoms with E-state index in [1.165, 1.54) is 24.7 Å². The van der Waals surface area contributed by atoms with Gasteiger partial charge in [0, 0.05) is 12.1 Å². The Kier molecular flexibility index (Phi) is 5.48. The molecule has 0 amide bonds. The van der Waals surface area contributed by atoms with Crippen LogP contribution in [0.15, 0.2) is 35.5 Å². The number of hydrogen-bond donors (Lipinski definition) is 1. The van der Waals surface area contributed by atoms with Gasteiger partial charge in [-0.2, -0.15) is 18.3 Å². The van der Waals surface area contributed by atoms with Crippen LogP contribution in [0, 0.1) is 5.82 Å². The molecular weight excluding hydrogens is 438 g/mol. The summed E-state index contributed by atoms with van der Waals surface area (Å²) in [5.74, 6) is -0.961. The summed E-state index contributed by atoms with van der Waals surface area (Å²) in [6.45, 7) is 0.810. The van der Waals surface area contributed by atoms with Gasteiger partial charge in [0.2, 0.25) is 0 Å². The molecule has 0 saturated heterocycles. The van der Waals surface area contributed by atoms with E-state index in [9.17, 15) is 22.4 Å². The maximum Gasteiger partial charge on any atom is 0.417 e. The number of nitrogens with zero attached hydrogens (tertiary/aromatic N) is 4. The zero-order valence-electron chi connectivity index (χ0n) is 15.7. The van der Waals surface area contributed by atoms with Gasteiger partial charge in [-0.3, -0.25) is 4.79 Å². The van der Waals surface area contributed by atoms with Gasteiger partial charge in [-0.05, 0) is 30.2 Å². The summed E-state index contributed by atoms with van der Waals surface area (Å²) >= 11 is 6.08. The summed E-state index contributed by atoms with van der Waals surface area (Å²) in [5.41, 5.74) is 0.641. The molecule has 1 N–H and O–H groups in total. The molecule has 1 aliphatic rings. The average molecular weight is 452 g/mol. The summed E-state index contributed by atoms with van der Waals surface area (Å²) in [7, 11) is 0. The third kappa shape index (κ3) is 4.29. The van der Waals surface area contributed by atoms with E-state index in [-0.39, 0.29) is 10.6 Å².